The average molecular weight is 208 g/mol. The molecule has 0 saturated carbocycles. The molecule has 3 nitrogen and oxygen atoms in total. The van der Waals surface area contributed by atoms with Crippen LogP contribution in [0.15, 0.2) is 24.3 Å². The molecule has 0 unspecified atom stereocenters. The second-order valence-electron chi connectivity index (χ2n) is 3.39. The molecule has 82 valence electrons. The van der Waals surface area contributed by atoms with E-state index in [-0.39, 0.29) is 6.42 Å². The molecule has 0 amide bonds. The van der Waals surface area contributed by atoms with Gasteiger partial charge in [-0.2, -0.15) is 0 Å². The van der Waals surface area contributed by atoms with Gasteiger partial charge in [-0.25, -0.2) is 0 Å². The first-order valence-electron chi connectivity index (χ1n) is 5.16. The normalized spacial score (nSPS) is 9.93. The number of hydrogen-bond acceptors (Lipinski definition) is 2. The van der Waals surface area contributed by atoms with Gasteiger partial charge in [-0.05, 0) is 30.5 Å². The fourth-order valence-electron chi connectivity index (χ4n) is 1.26. The summed E-state index contributed by atoms with van der Waals surface area (Å²) in [4.78, 5) is 10.4. The van der Waals surface area contributed by atoms with Crippen LogP contribution in [0, 0.1) is 0 Å². The fraction of sp³-hybridized carbons (Fsp3) is 0.417. The third-order valence-electron chi connectivity index (χ3n) is 2.00. The third-order valence-corrected chi connectivity index (χ3v) is 2.00. The van der Waals surface area contributed by atoms with Gasteiger partial charge in [-0.1, -0.05) is 19.1 Å². The summed E-state index contributed by atoms with van der Waals surface area (Å²) in [6.45, 7) is 2.75. The van der Waals surface area contributed by atoms with E-state index in [0.717, 1.165) is 17.7 Å². The number of carbonyl (C=O) groups is 1. The van der Waals surface area contributed by atoms with Gasteiger partial charge in [0, 0.05) is 6.42 Å². The van der Waals surface area contributed by atoms with Crippen molar-refractivity contribution < 1.29 is 14.6 Å². The molecule has 1 rings (SSSR count). The maximum Gasteiger partial charge on any atom is 0.303 e. The zero-order valence-electron chi connectivity index (χ0n) is 8.90. The summed E-state index contributed by atoms with van der Waals surface area (Å²) in [7, 11) is 0. The van der Waals surface area contributed by atoms with E-state index in [4.69, 9.17) is 9.84 Å². The third kappa shape index (κ3) is 4.49. The van der Waals surface area contributed by atoms with Crippen LogP contribution in [-0.4, -0.2) is 17.7 Å². The zero-order chi connectivity index (χ0) is 11.1. The second kappa shape index (κ2) is 6.06. The van der Waals surface area contributed by atoms with Gasteiger partial charge in [-0.3, -0.25) is 4.79 Å². The SMILES string of the molecule is CCCOc1cccc(CCC(=O)O)c1. The molecule has 0 aliphatic rings. The summed E-state index contributed by atoms with van der Waals surface area (Å²) in [5.74, 6) is 0.0506. The Balaban J connectivity index is 2.53. The summed E-state index contributed by atoms with van der Waals surface area (Å²) in [5.41, 5.74) is 1.01. The number of aryl methyl sites for hydroxylation is 1. The molecule has 0 heterocycles. The van der Waals surface area contributed by atoms with Crippen molar-refractivity contribution >= 4 is 5.97 Å². The minimum Gasteiger partial charge on any atom is -0.494 e. The number of hydrogen-bond donors (Lipinski definition) is 1. The minimum atomic E-state index is -0.769. The van der Waals surface area contributed by atoms with Gasteiger partial charge in [0.2, 0.25) is 0 Å². The van der Waals surface area contributed by atoms with Gasteiger partial charge in [-0.15, -0.1) is 0 Å². The molecule has 1 N–H and O–H groups in total. The first-order chi connectivity index (χ1) is 7.22. The Hall–Kier alpha value is -1.51. The van der Waals surface area contributed by atoms with E-state index >= 15 is 0 Å². The maximum atomic E-state index is 10.4. The molecule has 1 aromatic carbocycles. The van der Waals surface area contributed by atoms with Gasteiger partial charge in [0.05, 0.1) is 6.61 Å². The molecular formula is C12H16O3. The Labute approximate surface area is 89.7 Å². The maximum absolute atomic E-state index is 10.4. The summed E-state index contributed by atoms with van der Waals surface area (Å²) in [6, 6.07) is 7.60. The Morgan fingerprint density at radius 1 is 1.47 bits per heavy atom. The predicted molar refractivity (Wildman–Crippen MR) is 58.2 cm³/mol. The lowest BCUT2D eigenvalue weighted by Gasteiger charge is -2.06. The highest BCUT2D eigenvalue weighted by Crippen LogP contribution is 2.14. The summed E-state index contributed by atoms with van der Waals surface area (Å²) < 4.78 is 5.46. The van der Waals surface area contributed by atoms with Crippen LogP contribution < -0.4 is 4.74 Å². The summed E-state index contributed by atoms with van der Waals surface area (Å²) >= 11 is 0. The van der Waals surface area contributed by atoms with Crippen LogP contribution in [0.3, 0.4) is 0 Å². The van der Waals surface area contributed by atoms with E-state index < -0.39 is 5.97 Å². The first-order valence-corrected chi connectivity index (χ1v) is 5.16. The minimum absolute atomic E-state index is 0.164. The number of rotatable bonds is 6. The summed E-state index contributed by atoms with van der Waals surface area (Å²) in [6.07, 6.45) is 1.69. The molecule has 3 heteroatoms. The lowest BCUT2D eigenvalue weighted by molar-refractivity contribution is -0.136. The molecular weight excluding hydrogens is 192 g/mol. The monoisotopic (exact) mass is 208 g/mol. The van der Waals surface area contributed by atoms with Crippen LogP contribution in [0.4, 0.5) is 0 Å². The van der Waals surface area contributed by atoms with E-state index in [1.54, 1.807) is 0 Å². The number of carboxylic acids is 1. The molecule has 1 aromatic rings. The molecule has 0 aliphatic carbocycles. The smallest absolute Gasteiger partial charge is 0.303 e. The van der Waals surface area contributed by atoms with Crippen molar-refractivity contribution in [3.63, 3.8) is 0 Å². The van der Waals surface area contributed by atoms with Crippen molar-refractivity contribution in [2.24, 2.45) is 0 Å². The Morgan fingerprint density at radius 3 is 2.93 bits per heavy atom. The van der Waals surface area contributed by atoms with E-state index in [1.165, 1.54) is 0 Å². The molecule has 0 aliphatic heterocycles. The van der Waals surface area contributed by atoms with Gasteiger partial charge in [0.15, 0.2) is 0 Å². The van der Waals surface area contributed by atoms with Crippen molar-refractivity contribution in [1.29, 1.82) is 0 Å². The molecule has 0 spiro atoms. The van der Waals surface area contributed by atoms with Gasteiger partial charge in [0.1, 0.15) is 5.75 Å². The van der Waals surface area contributed by atoms with Crippen molar-refractivity contribution in [1.82, 2.24) is 0 Å². The molecule has 0 fully saturated rings. The van der Waals surface area contributed by atoms with E-state index in [2.05, 4.69) is 0 Å². The summed E-state index contributed by atoms with van der Waals surface area (Å²) in [5, 5.41) is 8.55. The van der Waals surface area contributed by atoms with E-state index in [1.807, 2.05) is 31.2 Å². The first kappa shape index (κ1) is 11.6. The number of benzene rings is 1. The molecule has 15 heavy (non-hydrogen) atoms. The topological polar surface area (TPSA) is 46.5 Å². The highest BCUT2D eigenvalue weighted by molar-refractivity contribution is 5.67. The molecule has 0 bridgehead atoms. The quantitative estimate of drug-likeness (QED) is 0.781. The predicted octanol–water partition coefficient (Wildman–Crippen LogP) is 2.49. The van der Waals surface area contributed by atoms with Crippen LogP contribution in [0.25, 0.3) is 0 Å². The molecule has 0 saturated heterocycles. The standard InChI is InChI=1S/C12H16O3/c1-2-8-15-11-5-3-4-10(9-11)6-7-12(13)14/h3-5,9H,2,6-8H2,1H3,(H,13,14). The number of carboxylic acid groups (broad SMARTS) is 1. The Kier molecular flexibility index (Phi) is 4.68. The van der Waals surface area contributed by atoms with Crippen molar-refractivity contribution in [2.75, 3.05) is 6.61 Å². The largest absolute Gasteiger partial charge is 0.494 e. The van der Waals surface area contributed by atoms with Crippen molar-refractivity contribution in [3.8, 4) is 5.75 Å². The van der Waals surface area contributed by atoms with Crippen molar-refractivity contribution in [2.45, 2.75) is 26.2 Å². The highest BCUT2D eigenvalue weighted by atomic mass is 16.5. The van der Waals surface area contributed by atoms with Gasteiger partial charge < -0.3 is 9.84 Å². The van der Waals surface area contributed by atoms with Crippen LogP contribution in [0.1, 0.15) is 25.3 Å². The molecule has 0 atom stereocenters. The average Bonchev–Trinajstić information content (AvgIpc) is 2.24. The van der Waals surface area contributed by atoms with E-state index in [0.29, 0.717) is 13.0 Å². The lowest BCUT2D eigenvalue weighted by atomic mass is 10.1. The van der Waals surface area contributed by atoms with Gasteiger partial charge >= 0.3 is 5.97 Å². The highest BCUT2D eigenvalue weighted by Gasteiger charge is 2.00. The Morgan fingerprint density at radius 2 is 2.27 bits per heavy atom. The van der Waals surface area contributed by atoms with Crippen LogP contribution in [-0.2, 0) is 11.2 Å². The Bertz CT molecular complexity index is 320. The van der Waals surface area contributed by atoms with Crippen LogP contribution in [0.5, 0.6) is 5.75 Å². The fourth-order valence-corrected chi connectivity index (χ4v) is 1.26. The van der Waals surface area contributed by atoms with Crippen LogP contribution in [0.2, 0.25) is 0 Å². The lowest BCUT2D eigenvalue weighted by Crippen LogP contribution is -1.99. The number of aliphatic carboxylic acids is 1. The van der Waals surface area contributed by atoms with Crippen molar-refractivity contribution in [3.05, 3.63) is 29.8 Å². The zero-order valence-corrected chi connectivity index (χ0v) is 8.90. The second-order valence-corrected chi connectivity index (χ2v) is 3.39. The number of ether oxygens (including phenoxy) is 1. The molecule has 0 aromatic heterocycles. The molecule has 0 radical (unpaired) electrons. The van der Waals surface area contributed by atoms with E-state index in [9.17, 15) is 4.79 Å². The van der Waals surface area contributed by atoms with Crippen LogP contribution >= 0.6 is 0 Å². The van der Waals surface area contributed by atoms with Gasteiger partial charge in [0.25, 0.3) is 0 Å².